The summed E-state index contributed by atoms with van der Waals surface area (Å²) < 4.78 is 101. The summed E-state index contributed by atoms with van der Waals surface area (Å²) >= 11 is 0. The molecule has 0 amide bonds. The molecule has 0 atom stereocenters. The van der Waals surface area contributed by atoms with Gasteiger partial charge in [0, 0.05) is 57.4 Å². The summed E-state index contributed by atoms with van der Waals surface area (Å²) in [7, 11) is -1.97. The molecule has 3 heterocycles. The fourth-order valence-corrected chi connectivity index (χ4v) is 7.87. The van der Waals surface area contributed by atoms with Crippen LogP contribution in [0.5, 0.6) is 0 Å². The topological polar surface area (TPSA) is 38.9 Å². The van der Waals surface area contributed by atoms with Crippen LogP contribution in [-0.2, 0) is 32.9 Å². The molecule has 1 fully saturated rings. The Morgan fingerprint density at radius 2 is 1.62 bits per heavy atom. The van der Waals surface area contributed by atoms with Crippen LogP contribution in [0.4, 0.5) is 4.39 Å². The molecule has 0 saturated heterocycles. The number of fused-ring (bicyclic) bond motifs is 3. The van der Waals surface area contributed by atoms with Crippen molar-refractivity contribution in [3.63, 3.8) is 0 Å². The fraction of sp³-hybridized carbons (Fsp3) is 0.261. The van der Waals surface area contributed by atoms with Gasteiger partial charge in [0.2, 0.25) is 0 Å². The van der Waals surface area contributed by atoms with Gasteiger partial charge < -0.3 is 14.4 Å². The van der Waals surface area contributed by atoms with Gasteiger partial charge in [0.25, 0.3) is 0 Å². The normalized spacial score (nSPS) is 17.1. The average molecular weight is 891 g/mol. The predicted molar refractivity (Wildman–Crippen MR) is 212 cm³/mol. The minimum absolute atomic E-state index is 0. The molecule has 3 nitrogen and oxygen atoms in total. The molecule has 1 aliphatic rings. The van der Waals surface area contributed by atoms with Gasteiger partial charge in [-0.3, -0.25) is 4.39 Å². The quantitative estimate of drug-likeness (QED) is 0.118. The fourth-order valence-electron chi connectivity index (χ4n) is 6.48. The molecule has 7 aromatic rings. The van der Waals surface area contributed by atoms with E-state index in [-0.39, 0.29) is 48.4 Å². The number of pyridine rings is 2. The summed E-state index contributed by atoms with van der Waals surface area (Å²) in [5.41, 5.74) is 4.57. The van der Waals surface area contributed by atoms with Crippen molar-refractivity contribution in [3.8, 4) is 22.5 Å². The van der Waals surface area contributed by atoms with Crippen LogP contribution < -0.4 is 5.19 Å². The second-order valence-corrected chi connectivity index (χ2v) is 19.0. The van der Waals surface area contributed by atoms with Gasteiger partial charge in [0.15, 0.2) is 0 Å². The summed E-state index contributed by atoms with van der Waals surface area (Å²) in [5.74, 6) is -0.714. The largest absolute Gasteiger partial charge is 0.500 e. The van der Waals surface area contributed by atoms with Crippen molar-refractivity contribution in [1.29, 1.82) is 0 Å². The molecule has 1 saturated carbocycles. The Labute approximate surface area is 336 Å². The van der Waals surface area contributed by atoms with E-state index in [1.54, 1.807) is 73.1 Å². The molecule has 267 valence electrons. The van der Waals surface area contributed by atoms with Crippen LogP contribution in [0.1, 0.15) is 67.2 Å². The summed E-state index contributed by atoms with van der Waals surface area (Å²) in [6.07, 6.45) is 4.07. The van der Waals surface area contributed by atoms with Gasteiger partial charge in [-0.1, -0.05) is 128 Å². The van der Waals surface area contributed by atoms with Crippen molar-refractivity contribution in [2.24, 2.45) is 5.92 Å². The van der Waals surface area contributed by atoms with E-state index in [1.165, 1.54) is 6.07 Å². The molecule has 0 aliphatic heterocycles. The van der Waals surface area contributed by atoms with Gasteiger partial charge in [0.05, 0.1) is 13.7 Å². The number of nitrogens with zero attached hydrogens (tertiary/aromatic N) is 2. The van der Waals surface area contributed by atoms with E-state index in [0.717, 1.165) is 53.3 Å². The predicted octanol–water partition coefficient (Wildman–Crippen LogP) is 11.6. The maximum absolute atomic E-state index is 14.7. The number of aryl methyl sites for hydroxylation is 2. The number of furan rings is 1. The smallest absolute Gasteiger partial charge is 0.120 e. The van der Waals surface area contributed by atoms with Gasteiger partial charge in [-0.25, -0.2) is 0 Å². The molecule has 0 bridgehead atoms. The number of aromatic nitrogens is 2. The van der Waals surface area contributed by atoms with Crippen molar-refractivity contribution in [2.45, 2.75) is 71.8 Å². The molecule has 52 heavy (non-hydrogen) atoms. The molecule has 6 heteroatoms. The van der Waals surface area contributed by atoms with E-state index < -0.39 is 40.3 Å². The Kier molecular flexibility index (Phi) is 8.27. The van der Waals surface area contributed by atoms with E-state index >= 15 is 0 Å². The second kappa shape index (κ2) is 16.2. The summed E-state index contributed by atoms with van der Waals surface area (Å²) in [6.45, 7) is 1.69. The second-order valence-electron chi connectivity index (χ2n) is 14.0. The molecular formula is C46H45FIrN2OSi-2. The summed E-state index contributed by atoms with van der Waals surface area (Å²) in [6, 6.07) is 30.6. The molecule has 1 radical (unpaired) electrons. The van der Waals surface area contributed by atoms with E-state index in [2.05, 4.69) is 41.7 Å². The first-order chi connectivity index (χ1) is 28.5. The average Bonchev–Trinajstić information content (AvgIpc) is 3.89. The Morgan fingerprint density at radius 1 is 0.827 bits per heavy atom. The Balaban J connectivity index is 0.000000204. The van der Waals surface area contributed by atoms with Crippen LogP contribution in [0.2, 0.25) is 19.6 Å². The van der Waals surface area contributed by atoms with Gasteiger partial charge in [-0.2, -0.15) is 0 Å². The van der Waals surface area contributed by atoms with Crippen LogP contribution in [0.3, 0.4) is 0 Å². The van der Waals surface area contributed by atoms with Gasteiger partial charge in [-0.05, 0) is 65.9 Å². The van der Waals surface area contributed by atoms with Gasteiger partial charge in [0.1, 0.15) is 5.58 Å². The number of benzene rings is 4. The number of halogens is 1. The molecule has 8 rings (SSSR count). The monoisotopic (exact) mass is 891 g/mol. The number of rotatable bonds is 7. The zero-order chi connectivity index (χ0) is 44.1. The van der Waals surface area contributed by atoms with Gasteiger partial charge >= 0.3 is 0 Å². The molecule has 0 spiro atoms. The van der Waals surface area contributed by atoms with Crippen LogP contribution in [-0.4, -0.2) is 18.0 Å². The van der Waals surface area contributed by atoms with Crippen molar-refractivity contribution in [2.75, 3.05) is 0 Å². The van der Waals surface area contributed by atoms with E-state index in [0.29, 0.717) is 33.6 Å². The van der Waals surface area contributed by atoms with E-state index in [9.17, 15) is 4.39 Å². The maximum Gasteiger partial charge on any atom is 0.120 e. The first kappa shape index (κ1) is 26.5. The third kappa shape index (κ3) is 8.69. The third-order valence-corrected chi connectivity index (χ3v) is 11.1. The maximum atomic E-state index is 14.7. The van der Waals surface area contributed by atoms with Crippen LogP contribution >= 0.6 is 0 Å². The third-order valence-electron chi connectivity index (χ3n) is 9.08. The minimum atomic E-state index is -2.43. The van der Waals surface area contributed by atoms with Crippen molar-refractivity contribution >= 4 is 35.2 Å². The van der Waals surface area contributed by atoms with Crippen LogP contribution in [0.25, 0.3) is 44.5 Å². The number of hydrogen-bond acceptors (Lipinski definition) is 3. The van der Waals surface area contributed by atoms with Crippen LogP contribution in [0.15, 0.2) is 108 Å². The Hall–Kier alpha value is -4.22. The zero-order valence-corrected chi connectivity index (χ0v) is 32.6. The Morgan fingerprint density at radius 3 is 2.37 bits per heavy atom. The summed E-state index contributed by atoms with van der Waals surface area (Å²) in [4.78, 5) is 8.85. The molecule has 0 N–H and O–H groups in total. The van der Waals surface area contributed by atoms with Crippen LogP contribution in [0, 0.1) is 37.6 Å². The molecular weight excluding hydrogens is 836 g/mol. The zero-order valence-electron chi connectivity index (χ0n) is 39.2. The van der Waals surface area contributed by atoms with Crippen molar-refractivity contribution in [1.82, 2.24) is 9.97 Å². The SMILES string of the molecule is [2H]C([2H])([2H])c1c[c-]c(-c2cc(C([2H])([2H])c3ccccc3)c([Si](C)(C)C)cn2)c(F)c1.[2H]C([2H])([2H])c1ccc2oc3c[c-]c(-c4cc(C([2H])([2H])C5CCCC5)ccn4)cc3c2c1.[Ir]. The first-order valence-corrected chi connectivity index (χ1v) is 20.7. The minimum Gasteiger partial charge on any atom is -0.500 e. The van der Waals surface area contributed by atoms with E-state index in [4.69, 9.17) is 18.1 Å². The first-order valence-electron chi connectivity index (χ1n) is 22.2. The van der Waals surface area contributed by atoms with Crippen molar-refractivity contribution < 1.29 is 42.6 Å². The standard InChI is InChI=1S/C24H22NO.C22H23FNSi.Ir/c1-16-6-8-23-20(12-16)21-15-19(7-9-24(21)26-23)22-14-18(10-11-25-22)13-17-4-2-3-5-17;1-16-10-11-19(20(23)12-16)21-14-18(13-17-8-6-5-7-9-17)22(15-24-21)25(2,3)4;/h6,8-12,14-15,17H,2-5,13H2,1H3;5-10,12,14-15H,13H2,1-4H3;/q2*-1;/i2*1D3,13D2;. The number of hydrogen-bond donors (Lipinski definition) is 0. The summed E-state index contributed by atoms with van der Waals surface area (Å²) in [5, 5.41) is 2.37. The van der Waals surface area contributed by atoms with Crippen molar-refractivity contribution in [3.05, 3.63) is 149 Å². The molecule has 3 aromatic heterocycles. The molecule has 1 aliphatic carbocycles. The molecule has 0 unspecified atom stereocenters. The van der Waals surface area contributed by atoms with E-state index in [1.807, 2.05) is 18.2 Å². The van der Waals surface area contributed by atoms with Gasteiger partial charge in [-0.15, -0.1) is 47.5 Å². The Bertz CT molecular complexity index is 2710. The molecule has 4 aromatic carbocycles.